The van der Waals surface area contributed by atoms with Gasteiger partial charge in [0, 0.05) is 18.0 Å². The lowest BCUT2D eigenvalue weighted by Gasteiger charge is -2.01. The molecule has 0 N–H and O–H groups in total. The molecule has 3 aromatic rings. The third kappa shape index (κ3) is 2.27. The van der Waals surface area contributed by atoms with Crippen molar-refractivity contribution < 1.29 is 17.7 Å². The van der Waals surface area contributed by atoms with Gasteiger partial charge in [-0.15, -0.1) is 0 Å². The molecule has 8 heteroatoms. The number of alkyl halides is 3. The van der Waals surface area contributed by atoms with Gasteiger partial charge in [0.1, 0.15) is 0 Å². The molecule has 0 amide bonds. The summed E-state index contributed by atoms with van der Waals surface area (Å²) in [4.78, 5) is 3.32. The Kier molecular flexibility index (Phi) is 2.78. The van der Waals surface area contributed by atoms with Crippen molar-refractivity contribution >= 4 is 0 Å². The normalized spacial score (nSPS) is 11.8. The first-order chi connectivity index (χ1) is 9.54. The van der Waals surface area contributed by atoms with E-state index in [1.807, 2.05) is 0 Å². The highest BCUT2D eigenvalue weighted by Crippen LogP contribution is 2.29. The average Bonchev–Trinajstić information content (AvgIpc) is 3.10. The van der Waals surface area contributed by atoms with Crippen LogP contribution in [0.1, 0.15) is 5.89 Å². The van der Waals surface area contributed by atoms with Crippen molar-refractivity contribution in [3.63, 3.8) is 0 Å². The molecule has 0 atom stereocenters. The number of hydrogen-bond donors (Lipinski definition) is 0. The molecule has 0 saturated heterocycles. The predicted molar refractivity (Wildman–Crippen MR) is 61.9 cm³/mol. The summed E-state index contributed by atoms with van der Waals surface area (Å²) < 4.78 is 42.9. The summed E-state index contributed by atoms with van der Waals surface area (Å²) >= 11 is 0. The van der Waals surface area contributed by atoms with E-state index in [0.29, 0.717) is 5.56 Å². The number of hydrogen-bond acceptors (Lipinski definition) is 4. The van der Waals surface area contributed by atoms with Crippen LogP contribution in [0.5, 0.6) is 0 Å². The quantitative estimate of drug-likeness (QED) is 0.724. The lowest BCUT2D eigenvalue weighted by Crippen LogP contribution is -2.04. The van der Waals surface area contributed by atoms with Gasteiger partial charge in [-0.2, -0.15) is 23.3 Å². The third-order valence-electron chi connectivity index (χ3n) is 2.56. The van der Waals surface area contributed by atoms with Crippen LogP contribution in [-0.4, -0.2) is 19.9 Å². The van der Waals surface area contributed by atoms with Crippen molar-refractivity contribution in [2.75, 3.05) is 0 Å². The maximum absolute atomic E-state index is 12.4. The first-order valence-electron chi connectivity index (χ1n) is 5.55. The Labute approximate surface area is 110 Å². The van der Waals surface area contributed by atoms with Crippen LogP contribution in [0, 0.1) is 0 Å². The molecule has 2 heterocycles. The molecule has 0 spiro atoms. The van der Waals surface area contributed by atoms with Crippen molar-refractivity contribution in [2.45, 2.75) is 6.18 Å². The Morgan fingerprint density at radius 1 is 1.10 bits per heavy atom. The Hall–Kier alpha value is -2.64. The first kappa shape index (κ1) is 12.4. The number of aromatic nitrogens is 4. The Bertz CT molecular complexity index is 701. The van der Waals surface area contributed by atoms with Gasteiger partial charge in [0.25, 0.3) is 0 Å². The number of benzene rings is 1. The van der Waals surface area contributed by atoms with Gasteiger partial charge in [-0.1, -0.05) is 5.16 Å². The summed E-state index contributed by atoms with van der Waals surface area (Å²) in [5, 5.41) is 7.36. The number of halogens is 3. The Balaban J connectivity index is 1.90. The van der Waals surface area contributed by atoms with Crippen molar-refractivity contribution in [2.24, 2.45) is 0 Å². The van der Waals surface area contributed by atoms with Crippen LogP contribution < -0.4 is 0 Å². The van der Waals surface area contributed by atoms with Crippen molar-refractivity contribution in [1.82, 2.24) is 19.9 Å². The highest BCUT2D eigenvalue weighted by atomic mass is 19.4. The van der Waals surface area contributed by atoms with Gasteiger partial charge in [-0.25, -0.2) is 4.68 Å². The van der Waals surface area contributed by atoms with Crippen LogP contribution in [0.2, 0.25) is 0 Å². The summed E-state index contributed by atoms with van der Waals surface area (Å²) in [7, 11) is 0. The molecule has 102 valence electrons. The summed E-state index contributed by atoms with van der Waals surface area (Å²) in [6, 6.07) is 8.37. The zero-order chi connectivity index (χ0) is 14.2. The van der Waals surface area contributed by atoms with E-state index in [1.165, 1.54) is 0 Å². The van der Waals surface area contributed by atoms with Gasteiger partial charge in [0.2, 0.25) is 5.82 Å². The number of nitrogens with zero attached hydrogens (tertiary/aromatic N) is 4. The predicted octanol–water partition coefficient (Wildman–Crippen LogP) is 2.94. The SMILES string of the molecule is FC(F)(F)c1nc(-c2ccc(-n3cccn3)cc2)no1. The molecule has 1 aromatic carbocycles. The van der Waals surface area contributed by atoms with Gasteiger partial charge in [-0.05, 0) is 30.3 Å². The zero-order valence-corrected chi connectivity index (χ0v) is 9.87. The van der Waals surface area contributed by atoms with Crippen LogP contribution in [-0.2, 0) is 6.18 Å². The summed E-state index contributed by atoms with van der Waals surface area (Å²) in [6.45, 7) is 0. The molecule has 0 saturated carbocycles. The highest BCUT2D eigenvalue weighted by Gasteiger charge is 2.38. The monoisotopic (exact) mass is 280 g/mol. The molecule has 0 radical (unpaired) electrons. The van der Waals surface area contributed by atoms with Crippen LogP contribution in [0.25, 0.3) is 17.1 Å². The molecule has 0 aliphatic carbocycles. The molecule has 2 aromatic heterocycles. The minimum atomic E-state index is -4.64. The van der Waals surface area contributed by atoms with E-state index in [1.54, 1.807) is 47.4 Å². The highest BCUT2D eigenvalue weighted by molar-refractivity contribution is 5.56. The second-order valence-electron chi connectivity index (χ2n) is 3.92. The minimum Gasteiger partial charge on any atom is -0.329 e. The van der Waals surface area contributed by atoms with Gasteiger partial charge in [-0.3, -0.25) is 0 Å². The summed E-state index contributed by atoms with van der Waals surface area (Å²) in [5.74, 6) is -1.46. The first-order valence-corrected chi connectivity index (χ1v) is 5.55. The van der Waals surface area contributed by atoms with Crippen LogP contribution in [0.15, 0.2) is 47.2 Å². The van der Waals surface area contributed by atoms with Crippen LogP contribution in [0.3, 0.4) is 0 Å². The van der Waals surface area contributed by atoms with Crippen LogP contribution >= 0.6 is 0 Å². The van der Waals surface area contributed by atoms with Crippen molar-refractivity contribution in [3.8, 4) is 17.1 Å². The van der Waals surface area contributed by atoms with Gasteiger partial charge >= 0.3 is 12.1 Å². The topological polar surface area (TPSA) is 56.7 Å². The van der Waals surface area contributed by atoms with E-state index < -0.39 is 12.1 Å². The smallest absolute Gasteiger partial charge is 0.329 e. The Morgan fingerprint density at radius 3 is 2.40 bits per heavy atom. The molecule has 0 unspecified atom stereocenters. The molecule has 5 nitrogen and oxygen atoms in total. The summed E-state index contributed by atoms with van der Waals surface area (Å²) in [6.07, 6.45) is -1.26. The fourth-order valence-electron chi connectivity index (χ4n) is 1.64. The average molecular weight is 280 g/mol. The standard InChI is InChI=1S/C12H7F3N4O/c13-12(14,15)11-17-10(18-20-11)8-2-4-9(5-3-8)19-7-1-6-16-19/h1-7H. The van der Waals surface area contributed by atoms with E-state index in [2.05, 4.69) is 19.8 Å². The van der Waals surface area contributed by atoms with E-state index in [-0.39, 0.29) is 5.82 Å². The lowest BCUT2D eigenvalue weighted by molar-refractivity contribution is -0.159. The zero-order valence-electron chi connectivity index (χ0n) is 9.87. The maximum atomic E-state index is 12.4. The largest absolute Gasteiger partial charge is 0.471 e. The maximum Gasteiger partial charge on any atom is 0.471 e. The van der Waals surface area contributed by atoms with Gasteiger partial charge in [0.15, 0.2) is 0 Å². The van der Waals surface area contributed by atoms with Crippen LogP contribution in [0.4, 0.5) is 13.2 Å². The fraction of sp³-hybridized carbons (Fsp3) is 0.0833. The molecule has 0 aliphatic heterocycles. The molecule has 0 bridgehead atoms. The molecule has 20 heavy (non-hydrogen) atoms. The third-order valence-corrected chi connectivity index (χ3v) is 2.56. The summed E-state index contributed by atoms with van der Waals surface area (Å²) in [5.41, 5.74) is 1.21. The molecular weight excluding hydrogens is 273 g/mol. The Morgan fingerprint density at radius 2 is 1.85 bits per heavy atom. The lowest BCUT2D eigenvalue weighted by atomic mass is 10.2. The van der Waals surface area contributed by atoms with Crippen molar-refractivity contribution in [1.29, 1.82) is 0 Å². The van der Waals surface area contributed by atoms with Crippen molar-refractivity contribution in [3.05, 3.63) is 48.6 Å². The number of rotatable bonds is 2. The van der Waals surface area contributed by atoms with E-state index >= 15 is 0 Å². The molecule has 0 aliphatic rings. The van der Waals surface area contributed by atoms with E-state index in [4.69, 9.17) is 0 Å². The second-order valence-corrected chi connectivity index (χ2v) is 3.92. The minimum absolute atomic E-state index is 0.107. The van der Waals surface area contributed by atoms with E-state index in [0.717, 1.165) is 5.69 Å². The molecule has 0 fully saturated rings. The van der Waals surface area contributed by atoms with E-state index in [9.17, 15) is 13.2 Å². The van der Waals surface area contributed by atoms with Gasteiger partial charge < -0.3 is 4.52 Å². The second kappa shape index (κ2) is 4.48. The van der Waals surface area contributed by atoms with Gasteiger partial charge in [0.05, 0.1) is 5.69 Å². The molecule has 3 rings (SSSR count). The fourth-order valence-corrected chi connectivity index (χ4v) is 1.64. The molecular formula is C12H7F3N4O.